The van der Waals surface area contributed by atoms with Crippen molar-refractivity contribution in [3.63, 3.8) is 0 Å². The molecule has 0 spiro atoms. The second-order valence-electron chi connectivity index (χ2n) is 18.3. The van der Waals surface area contributed by atoms with Gasteiger partial charge in [-0.25, -0.2) is 0 Å². The Hall–Kier alpha value is -5.87. The van der Waals surface area contributed by atoms with E-state index >= 15 is 0 Å². The molecule has 0 radical (unpaired) electrons. The number of hydrogen-bond acceptors (Lipinski definition) is 3. The Morgan fingerprint density at radius 1 is 0.730 bits per heavy atom. The maximum absolute atomic E-state index is 9.28. The largest absolute Gasteiger partial charge is 3.00 e. The fraction of sp³-hybridized carbons (Fsp3) is 0.241. The monoisotopic (exact) mass is 1010 g/mol. The molecule has 9 aromatic rings. The number of aromatic nitrogens is 2. The second-order valence-corrected chi connectivity index (χ2v) is 18.3. The van der Waals surface area contributed by atoms with E-state index in [0.29, 0.717) is 11.3 Å². The van der Waals surface area contributed by atoms with E-state index in [1.165, 1.54) is 27.8 Å². The summed E-state index contributed by atoms with van der Waals surface area (Å²) in [6.07, 6.45) is 5.97. The van der Waals surface area contributed by atoms with Crippen LogP contribution < -0.4 is 4.57 Å². The first-order chi connectivity index (χ1) is 30.3. The van der Waals surface area contributed by atoms with Gasteiger partial charge in [0.15, 0.2) is 0 Å². The Kier molecular flexibility index (Phi) is 12.2. The van der Waals surface area contributed by atoms with Crippen molar-refractivity contribution in [1.82, 2.24) is 4.98 Å². The first-order valence-electron chi connectivity index (χ1n) is 22.5. The number of benzene rings is 6. The summed E-state index contributed by atoms with van der Waals surface area (Å²) in [5.41, 5.74) is 15.9. The van der Waals surface area contributed by atoms with Crippen molar-refractivity contribution in [3.05, 3.63) is 182 Å². The molecule has 1 aliphatic carbocycles. The fourth-order valence-electron chi connectivity index (χ4n) is 9.08. The molecule has 0 atom stereocenters. The predicted octanol–water partition coefficient (Wildman–Crippen LogP) is 15.9. The van der Waals surface area contributed by atoms with Gasteiger partial charge in [-0.15, -0.1) is 35.9 Å². The van der Waals surface area contributed by atoms with Gasteiger partial charge in [-0.05, 0) is 99.9 Å². The molecule has 3 aromatic heterocycles. The molecule has 5 heteroatoms. The molecule has 0 N–H and O–H groups in total. The van der Waals surface area contributed by atoms with Crippen molar-refractivity contribution in [2.45, 2.75) is 85.0 Å². The van der Waals surface area contributed by atoms with Gasteiger partial charge in [-0.2, -0.15) is 18.6 Å². The normalized spacial score (nSPS) is 14.7. The van der Waals surface area contributed by atoms with Crippen LogP contribution in [0.15, 0.2) is 148 Å². The van der Waals surface area contributed by atoms with Crippen LogP contribution in [0.25, 0.3) is 78.0 Å². The van der Waals surface area contributed by atoms with Crippen LogP contribution in [0.2, 0.25) is 0 Å². The van der Waals surface area contributed by atoms with E-state index in [-0.39, 0.29) is 31.9 Å². The smallest absolute Gasteiger partial charge is 0.500 e. The number of furan rings is 1. The fourth-order valence-corrected chi connectivity index (χ4v) is 9.08. The zero-order chi connectivity index (χ0) is 44.0. The van der Waals surface area contributed by atoms with Crippen molar-refractivity contribution in [3.8, 4) is 45.0 Å². The summed E-state index contributed by atoms with van der Waals surface area (Å²) >= 11 is 0. The molecule has 0 saturated heterocycles. The summed E-state index contributed by atoms with van der Waals surface area (Å²) in [6, 6.07) is 49.3. The zero-order valence-corrected chi connectivity index (χ0v) is 39.6. The molecule has 3 heterocycles. The minimum absolute atomic E-state index is 0. The molecule has 0 unspecified atom stereocenters. The molecule has 1 fully saturated rings. The third kappa shape index (κ3) is 8.75. The molecule has 0 amide bonds. The summed E-state index contributed by atoms with van der Waals surface area (Å²) in [5, 5.41) is 2.10. The van der Waals surface area contributed by atoms with E-state index < -0.39 is 5.89 Å². The molecule has 0 aliphatic heterocycles. The van der Waals surface area contributed by atoms with Gasteiger partial charge in [-0.1, -0.05) is 138 Å². The van der Waals surface area contributed by atoms with Crippen LogP contribution >= 0.6 is 0 Å². The Morgan fingerprint density at radius 3 is 2.10 bits per heavy atom. The number of oxazole rings is 1. The Morgan fingerprint density at radius 2 is 1.40 bits per heavy atom. The molecule has 10 rings (SSSR count). The van der Waals surface area contributed by atoms with Gasteiger partial charge >= 0.3 is 20.1 Å². The number of hydrogen-bond donors (Lipinski definition) is 0. The molecule has 0 bridgehead atoms. The van der Waals surface area contributed by atoms with Gasteiger partial charge in [0.05, 0.1) is 23.0 Å². The minimum Gasteiger partial charge on any atom is -0.500 e. The number of pyridine rings is 1. The minimum atomic E-state index is -0.494. The van der Waals surface area contributed by atoms with Gasteiger partial charge in [0.2, 0.25) is 0 Å². The van der Waals surface area contributed by atoms with Crippen molar-refractivity contribution in [2.75, 3.05) is 0 Å². The van der Waals surface area contributed by atoms with Crippen molar-refractivity contribution >= 4 is 33.0 Å². The van der Waals surface area contributed by atoms with Crippen LogP contribution in [0, 0.1) is 25.5 Å². The molecule has 6 aromatic carbocycles. The van der Waals surface area contributed by atoms with Gasteiger partial charge in [0.1, 0.15) is 17.1 Å². The van der Waals surface area contributed by atoms with Crippen molar-refractivity contribution < 1.29 is 34.9 Å². The van der Waals surface area contributed by atoms with Gasteiger partial charge in [0, 0.05) is 19.4 Å². The Balaban J connectivity index is 0.000000318. The van der Waals surface area contributed by atoms with E-state index in [0.717, 1.165) is 92.2 Å². The first kappa shape index (κ1) is 42.4. The summed E-state index contributed by atoms with van der Waals surface area (Å²) in [7, 11) is 3.93. The molecule has 318 valence electrons. The summed E-state index contributed by atoms with van der Waals surface area (Å²) in [5.74, 6) is 0.578. The maximum Gasteiger partial charge on any atom is 3.00 e. The van der Waals surface area contributed by atoms with E-state index in [4.69, 9.17) is 13.8 Å². The topological polar surface area (TPSA) is 43.1 Å². The predicted molar refractivity (Wildman–Crippen MR) is 257 cm³/mol. The van der Waals surface area contributed by atoms with E-state index in [2.05, 4.69) is 122 Å². The first-order valence-corrected chi connectivity index (χ1v) is 22.0. The average molecular weight is 1010 g/mol. The van der Waals surface area contributed by atoms with Crippen LogP contribution in [0.4, 0.5) is 0 Å². The SMILES string of the molecule is [2H]C1(c2ccc(-c3cc(C(C)C)c(-c4cccc5nc(-c6[c-]ccc7c6oc6ccccc67)oc45)c(C(C)C)c3)cc2)CCC(C)(C)CC1.[CH2-]c1ccccc1-c1cccc[n+]1[CH2-].[Ir+3]. The molecule has 63 heavy (non-hydrogen) atoms. The Labute approximate surface area is 388 Å². The molecular formula is C58H56IrN2O2+. The maximum atomic E-state index is 9.28. The van der Waals surface area contributed by atoms with Crippen molar-refractivity contribution in [1.29, 1.82) is 0 Å². The second kappa shape index (κ2) is 18.1. The van der Waals surface area contributed by atoms with Crippen LogP contribution in [0.3, 0.4) is 0 Å². The summed E-state index contributed by atoms with van der Waals surface area (Å²) in [4.78, 5) is 4.99. The van der Waals surface area contributed by atoms with E-state index in [1.807, 2.05) is 83.6 Å². The molecule has 4 nitrogen and oxygen atoms in total. The van der Waals surface area contributed by atoms with Crippen LogP contribution in [-0.4, -0.2) is 4.98 Å². The quantitative estimate of drug-likeness (QED) is 0.118. The Bertz CT molecular complexity index is 3020. The van der Waals surface area contributed by atoms with Gasteiger partial charge in [-0.3, -0.25) is 4.98 Å². The van der Waals surface area contributed by atoms with Crippen LogP contribution in [0.1, 0.15) is 109 Å². The van der Waals surface area contributed by atoms with Crippen LogP contribution in [-0.2, 0) is 20.1 Å². The van der Waals surface area contributed by atoms with Crippen LogP contribution in [0.5, 0.6) is 0 Å². The van der Waals surface area contributed by atoms with E-state index in [9.17, 15) is 1.37 Å². The molecule has 1 saturated carbocycles. The third-order valence-electron chi connectivity index (χ3n) is 12.7. The molecular weight excluding hydrogens is 949 g/mol. The number of para-hydroxylation sites is 2. The number of nitrogens with zero attached hydrogens (tertiary/aromatic N) is 2. The third-order valence-corrected chi connectivity index (χ3v) is 12.7. The number of fused-ring (bicyclic) bond motifs is 4. The zero-order valence-electron chi connectivity index (χ0n) is 38.2. The van der Waals surface area contributed by atoms with E-state index in [1.54, 1.807) is 0 Å². The van der Waals surface area contributed by atoms with Crippen molar-refractivity contribution in [2.24, 2.45) is 5.41 Å². The molecule has 1 aliphatic rings. The standard InChI is InChI=1S/C45H44NO2.C13H12N.Ir/c1-27(2)37-25-32(30-19-17-29(18-20-30)31-21-23-45(5,6)24-22-31)26-38(28(3)4)41(37)35-13-10-15-39-43(35)48-44(46-39)36-14-9-12-34-33-11-7-8-16-40(33)47-42(34)36;1-11-7-3-4-8-12(11)13-9-5-6-10-14(13)2;/h7-13,15-20,25-28,31H,21-24H2,1-6H3;3-10H,1-2H2;/q2*-1;+3/i31D;;. The average Bonchev–Trinajstić information content (AvgIpc) is 3.90. The van der Waals surface area contributed by atoms with Gasteiger partial charge in [0.25, 0.3) is 0 Å². The van der Waals surface area contributed by atoms with Gasteiger partial charge < -0.3 is 13.4 Å². The summed E-state index contributed by atoms with van der Waals surface area (Å²) < 4.78 is 24.2. The summed E-state index contributed by atoms with van der Waals surface area (Å²) in [6.45, 7) is 17.8. The number of rotatable bonds is 7.